The Morgan fingerprint density at radius 3 is 2.87 bits per heavy atom. The van der Waals surface area contributed by atoms with Gasteiger partial charge >= 0.3 is 0 Å². The highest BCUT2D eigenvalue weighted by atomic mass is 32.2. The summed E-state index contributed by atoms with van der Waals surface area (Å²) in [4.78, 5) is 10.4. The number of hydrogen-bond acceptors (Lipinski definition) is 5. The number of hydrogen-bond donors (Lipinski definition) is 1. The van der Waals surface area contributed by atoms with Crippen molar-refractivity contribution >= 4 is 18.0 Å². The monoisotopic (exact) mass is 238 g/mol. The van der Waals surface area contributed by atoms with Crippen LogP contribution in [-0.2, 0) is 14.3 Å². The van der Waals surface area contributed by atoms with Gasteiger partial charge in [0.15, 0.2) is 6.29 Å². The van der Waals surface area contributed by atoms with Gasteiger partial charge in [-0.25, -0.2) is 0 Å². The fraction of sp³-hybridized carbons (Fsp3) is 0.900. The molecule has 0 aliphatic heterocycles. The lowest BCUT2D eigenvalue weighted by molar-refractivity contribution is -0.151. The highest BCUT2D eigenvalue weighted by molar-refractivity contribution is 7.99. The van der Waals surface area contributed by atoms with Crippen molar-refractivity contribution in [1.29, 1.82) is 0 Å². The van der Waals surface area contributed by atoms with Crippen LogP contribution < -0.4 is 0 Å². The molecule has 0 aromatic carbocycles. The van der Waals surface area contributed by atoms with Gasteiger partial charge < -0.3 is 19.4 Å². The van der Waals surface area contributed by atoms with Crippen LogP contribution in [0.4, 0.5) is 0 Å². The van der Waals surface area contributed by atoms with Gasteiger partial charge in [0.25, 0.3) is 0 Å². The van der Waals surface area contributed by atoms with E-state index >= 15 is 0 Å². The SMILES string of the molecule is [3H]C(=O)CCSCC(OC)OC(CC)CO. The molecule has 0 saturated heterocycles. The molecule has 0 amide bonds. The Morgan fingerprint density at radius 1 is 1.67 bits per heavy atom. The third kappa shape index (κ3) is 7.79. The van der Waals surface area contributed by atoms with E-state index in [-0.39, 0.29) is 25.4 Å². The molecule has 1 N–H and O–H groups in total. The van der Waals surface area contributed by atoms with Gasteiger partial charge in [-0.05, 0) is 6.42 Å². The summed E-state index contributed by atoms with van der Waals surface area (Å²) >= 11 is 1.50. The Bertz CT molecular complexity index is 188. The quantitative estimate of drug-likeness (QED) is 0.350. The molecule has 5 heteroatoms. The van der Waals surface area contributed by atoms with Gasteiger partial charge in [0, 0.05) is 25.0 Å². The van der Waals surface area contributed by atoms with E-state index in [4.69, 9.17) is 16.0 Å². The summed E-state index contributed by atoms with van der Waals surface area (Å²) in [6, 6.07) is 0. The lowest BCUT2D eigenvalue weighted by Crippen LogP contribution is -2.27. The molecule has 0 aliphatic rings. The van der Waals surface area contributed by atoms with Crippen molar-refractivity contribution in [3.63, 3.8) is 0 Å². The highest BCUT2D eigenvalue weighted by Gasteiger charge is 2.13. The third-order valence-electron chi connectivity index (χ3n) is 1.87. The highest BCUT2D eigenvalue weighted by Crippen LogP contribution is 2.10. The second kappa shape index (κ2) is 10.4. The standard InChI is InChI=1S/C10H20O4S/c1-3-9(7-12)14-10(13-2)8-15-6-4-5-11/h5,9-10,12H,3-4,6-8H2,1-2H3/i5T. The first-order valence-electron chi connectivity index (χ1n) is 5.50. The zero-order valence-electron chi connectivity index (χ0n) is 10.3. The topological polar surface area (TPSA) is 55.8 Å². The summed E-state index contributed by atoms with van der Waals surface area (Å²) in [5, 5.41) is 8.96. The summed E-state index contributed by atoms with van der Waals surface area (Å²) in [5.41, 5.74) is 0. The molecule has 0 spiro atoms. The molecule has 0 saturated carbocycles. The minimum Gasteiger partial charge on any atom is -0.394 e. The van der Waals surface area contributed by atoms with Crippen LogP contribution in [0.2, 0.25) is 0 Å². The summed E-state index contributed by atoms with van der Waals surface area (Å²) in [6.07, 6.45) is -0.152. The van der Waals surface area contributed by atoms with E-state index in [0.29, 0.717) is 11.5 Å². The molecule has 0 rings (SSSR count). The number of aliphatic hydroxyl groups is 1. The molecule has 0 bridgehead atoms. The Morgan fingerprint density at radius 2 is 2.40 bits per heavy atom. The van der Waals surface area contributed by atoms with E-state index in [2.05, 4.69) is 0 Å². The Labute approximate surface area is 96.7 Å². The van der Waals surface area contributed by atoms with Gasteiger partial charge in [0.2, 0.25) is 0 Å². The van der Waals surface area contributed by atoms with E-state index in [0.717, 1.165) is 6.42 Å². The molecule has 0 radical (unpaired) electrons. The van der Waals surface area contributed by atoms with E-state index < -0.39 is 6.26 Å². The molecule has 0 aromatic rings. The number of aliphatic hydroxyl groups excluding tert-OH is 1. The maximum atomic E-state index is 10.4. The number of rotatable bonds is 10. The van der Waals surface area contributed by atoms with Crippen LogP contribution in [0.15, 0.2) is 0 Å². The van der Waals surface area contributed by atoms with Crippen LogP contribution in [0, 0.1) is 0 Å². The first-order chi connectivity index (χ1) is 7.63. The Hall–Kier alpha value is -0.100. The maximum Gasteiger partial charge on any atom is 0.166 e. The van der Waals surface area contributed by atoms with Crippen LogP contribution in [0.3, 0.4) is 0 Å². The van der Waals surface area contributed by atoms with Gasteiger partial charge in [-0.3, -0.25) is 0 Å². The van der Waals surface area contributed by atoms with E-state index in [1.165, 1.54) is 11.8 Å². The van der Waals surface area contributed by atoms with E-state index in [9.17, 15) is 4.79 Å². The summed E-state index contributed by atoms with van der Waals surface area (Å²) in [6.45, 7) is 1.91. The molecular weight excluding hydrogens is 216 g/mol. The Kier molecular flexibility index (Phi) is 9.01. The van der Waals surface area contributed by atoms with Crippen LogP contribution >= 0.6 is 11.8 Å². The summed E-state index contributed by atoms with van der Waals surface area (Å²) < 4.78 is 17.3. The molecular formula is C10H20O4S. The summed E-state index contributed by atoms with van der Waals surface area (Å²) in [7, 11) is 1.55. The predicted molar refractivity (Wildman–Crippen MR) is 61.1 cm³/mol. The van der Waals surface area contributed by atoms with Crippen molar-refractivity contribution < 1.29 is 20.7 Å². The minimum atomic E-state index is -0.552. The molecule has 4 nitrogen and oxygen atoms in total. The number of ether oxygens (including phenoxy) is 2. The van der Waals surface area contributed by atoms with Crippen LogP contribution in [0.1, 0.15) is 21.1 Å². The maximum absolute atomic E-state index is 10.4. The van der Waals surface area contributed by atoms with E-state index in [1.54, 1.807) is 7.11 Å². The molecule has 2 unspecified atom stereocenters. The molecule has 0 fully saturated rings. The number of carbonyl (C=O) groups is 1. The van der Waals surface area contributed by atoms with Crippen molar-refractivity contribution in [3.8, 4) is 0 Å². The normalized spacial score (nSPS) is 15.8. The van der Waals surface area contributed by atoms with Crippen LogP contribution in [-0.4, -0.2) is 49.0 Å². The number of carbonyl (C=O) groups excluding carboxylic acids is 1. The average Bonchev–Trinajstić information content (AvgIpc) is 2.28. The van der Waals surface area contributed by atoms with Gasteiger partial charge in [-0.2, -0.15) is 11.8 Å². The van der Waals surface area contributed by atoms with Crippen molar-refractivity contribution in [2.45, 2.75) is 32.2 Å². The zero-order valence-corrected chi connectivity index (χ0v) is 10.1. The largest absolute Gasteiger partial charge is 0.394 e. The lowest BCUT2D eigenvalue weighted by atomic mass is 10.3. The minimum absolute atomic E-state index is 0.0216. The first kappa shape index (κ1) is 13.0. The third-order valence-corrected chi connectivity index (χ3v) is 2.87. The van der Waals surface area contributed by atoms with Crippen molar-refractivity contribution in [2.24, 2.45) is 0 Å². The van der Waals surface area contributed by atoms with Gasteiger partial charge in [-0.1, -0.05) is 6.92 Å². The molecule has 0 aromatic heterocycles. The predicted octanol–water partition coefficient (Wildman–Crippen LogP) is 1.07. The second-order valence-electron chi connectivity index (χ2n) is 2.98. The van der Waals surface area contributed by atoms with Gasteiger partial charge in [0.1, 0.15) is 7.63 Å². The van der Waals surface area contributed by atoms with Gasteiger partial charge in [-0.15, -0.1) is 0 Å². The molecule has 15 heavy (non-hydrogen) atoms. The molecule has 0 heterocycles. The fourth-order valence-corrected chi connectivity index (χ4v) is 1.74. The molecule has 0 aliphatic carbocycles. The first-order valence-corrected chi connectivity index (χ1v) is 6.15. The van der Waals surface area contributed by atoms with Crippen molar-refractivity contribution in [1.82, 2.24) is 0 Å². The number of thioether (sulfide) groups is 1. The second-order valence-corrected chi connectivity index (χ2v) is 4.13. The van der Waals surface area contributed by atoms with E-state index in [1.807, 2.05) is 6.92 Å². The molecule has 90 valence electrons. The van der Waals surface area contributed by atoms with Crippen molar-refractivity contribution in [2.75, 3.05) is 25.2 Å². The lowest BCUT2D eigenvalue weighted by Gasteiger charge is -2.21. The van der Waals surface area contributed by atoms with Crippen LogP contribution in [0.5, 0.6) is 0 Å². The van der Waals surface area contributed by atoms with Crippen LogP contribution in [0.25, 0.3) is 0 Å². The Balaban J connectivity index is 3.69. The zero-order chi connectivity index (χ0) is 12.4. The number of aldehydes is 1. The number of methoxy groups -OCH3 is 1. The fourth-order valence-electron chi connectivity index (χ4n) is 0.939. The smallest absolute Gasteiger partial charge is 0.166 e. The molecule has 2 atom stereocenters. The van der Waals surface area contributed by atoms with Gasteiger partial charge in [0.05, 0.1) is 12.7 Å². The summed E-state index contributed by atoms with van der Waals surface area (Å²) in [5.74, 6) is 1.20. The average molecular weight is 238 g/mol. The van der Waals surface area contributed by atoms with Crippen molar-refractivity contribution in [3.05, 3.63) is 0 Å².